The fourth-order valence-corrected chi connectivity index (χ4v) is 1.79. The molecular formula is C14H18N4O. The van der Waals surface area contributed by atoms with Crippen LogP contribution in [0.3, 0.4) is 0 Å². The number of hydrogen-bond donors (Lipinski definition) is 2. The van der Waals surface area contributed by atoms with Crippen LogP contribution in [-0.2, 0) is 0 Å². The van der Waals surface area contributed by atoms with Crippen molar-refractivity contribution >= 4 is 11.4 Å². The molecule has 2 N–H and O–H groups in total. The lowest BCUT2D eigenvalue weighted by Crippen LogP contribution is -2.63. The van der Waals surface area contributed by atoms with E-state index in [1.807, 2.05) is 27.0 Å². The smallest absolute Gasteiger partial charge is 0.178 e. The molecule has 100 valence electrons. The number of hydrogen-bond acceptors (Lipinski definition) is 5. The highest BCUT2D eigenvalue weighted by Crippen LogP contribution is 2.22. The summed E-state index contributed by atoms with van der Waals surface area (Å²) in [5.74, 6) is 0.187. The summed E-state index contributed by atoms with van der Waals surface area (Å²) < 4.78 is 0. The fraction of sp³-hybridized carbons (Fsp3) is 0.286. The third kappa shape index (κ3) is 2.19. The molecule has 0 aromatic heterocycles. The lowest BCUT2D eigenvalue weighted by atomic mass is 10.1. The van der Waals surface area contributed by atoms with Crippen molar-refractivity contribution in [3.63, 3.8) is 0 Å². The number of hydrazone groups is 2. The van der Waals surface area contributed by atoms with Crippen molar-refractivity contribution in [2.75, 3.05) is 7.05 Å². The number of phenolic OH excluding ortho intramolecular Hbond substituents is 1. The molecule has 1 unspecified atom stereocenters. The van der Waals surface area contributed by atoms with E-state index in [9.17, 15) is 5.11 Å². The van der Waals surface area contributed by atoms with Gasteiger partial charge in [0.1, 0.15) is 5.75 Å². The van der Waals surface area contributed by atoms with Gasteiger partial charge in [0.2, 0.25) is 0 Å². The summed E-state index contributed by atoms with van der Waals surface area (Å²) >= 11 is 0. The van der Waals surface area contributed by atoms with Gasteiger partial charge in [-0.1, -0.05) is 18.7 Å². The number of para-hydroxylation sites is 1. The molecule has 0 saturated carbocycles. The average molecular weight is 258 g/mol. The Morgan fingerprint density at radius 2 is 2.21 bits per heavy atom. The Labute approximate surface area is 112 Å². The van der Waals surface area contributed by atoms with E-state index in [1.165, 1.54) is 0 Å². The van der Waals surface area contributed by atoms with E-state index in [4.69, 9.17) is 0 Å². The Hall–Kier alpha value is -2.30. The first-order chi connectivity index (χ1) is 8.99. The Kier molecular flexibility index (Phi) is 3.29. The van der Waals surface area contributed by atoms with Crippen molar-refractivity contribution in [2.45, 2.75) is 19.5 Å². The van der Waals surface area contributed by atoms with E-state index >= 15 is 0 Å². The zero-order valence-electron chi connectivity index (χ0n) is 11.4. The maximum atomic E-state index is 9.86. The molecule has 1 heterocycles. The Morgan fingerprint density at radius 3 is 2.68 bits per heavy atom. The van der Waals surface area contributed by atoms with Gasteiger partial charge >= 0.3 is 0 Å². The molecule has 1 aliphatic rings. The van der Waals surface area contributed by atoms with E-state index < -0.39 is 5.66 Å². The van der Waals surface area contributed by atoms with Gasteiger partial charge < -0.3 is 5.11 Å². The minimum absolute atomic E-state index is 0.187. The van der Waals surface area contributed by atoms with E-state index in [0.29, 0.717) is 11.3 Å². The lowest BCUT2D eigenvalue weighted by Gasteiger charge is -2.42. The third-order valence-corrected chi connectivity index (χ3v) is 3.42. The van der Waals surface area contributed by atoms with Crippen LogP contribution in [-0.4, -0.2) is 34.2 Å². The molecule has 2 rings (SSSR count). The molecule has 0 spiro atoms. The second-order valence-electron chi connectivity index (χ2n) is 4.61. The van der Waals surface area contributed by atoms with Crippen LogP contribution in [0, 0.1) is 0 Å². The van der Waals surface area contributed by atoms with Crippen LogP contribution in [0.15, 0.2) is 47.1 Å². The fourth-order valence-electron chi connectivity index (χ4n) is 1.79. The predicted molar refractivity (Wildman–Crippen MR) is 77.3 cm³/mol. The first-order valence-corrected chi connectivity index (χ1v) is 6.04. The van der Waals surface area contributed by atoms with Crippen LogP contribution >= 0.6 is 0 Å². The van der Waals surface area contributed by atoms with Crippen molar-refractivity contribution in [2.24, 2.45) is 10.2 Å². The highest BCUT2D eigenvalue weighted by atomic mass is 16.3. The summed E-state index contributed by atoms with van der Waals surface area (Å²) in [6.07, 6.45) is 1.63. The van der Waals surface area contributed by atoms with E-state index in [1.54, 1.807) is 29.3 Å². The second-order valence-corrected chi connectivity index (χ2v) is 4.61. The monoisotopic (exact) mass is 258 g/mol. The number of phenols is 1. The average Bonchev–Trinajstić information content (AvgIpc) is 2.42. The highest BCUT2D eigenvalue weighted by molar-refractivity contribution is 6.10. The first-order valence-electron chi connectivity index (χ1n) is 6.04. The van der Waals surface area contributed by atoms with Gasteiger partial charge in [-0.3, -0.25) is 10.4 Å². The normalized spacial score (nSPS) is 22.1. The van der Waals surface area contributed by atoms with Crippen molar-refractivity contribution in [3.05, 3.63) is 42.5 Å². The standard InChI is InChI=1S/C14H18N4O/c1-5-12(11-8-6-7-9-13(11)19)16-18(4)14(3)10(2)15-17-14/h5-9,17,19H,1H2,2-4H3/b16-12+. The molecule has 1 aliphatic heterocycles. The van der Waals surface area contributed by atoms with Crippen LogP contribution in [0.5, 0.6) is 5.75 Å². The maximum Gasteiger partial charge on any atom is 0.178 e. The largest absolute Gasteiger partial charge is 0.507 e. The van der Waals surface area contributed by atoms with E-state index in [2.05, 4.69) is 22.2 Å². The molecule has 0 fully saturated rings. The van der Waals surface area contributed by atoms with Crippen LogP contribution < -0.4 is 5.43 Å². The van der Waals surface area contributed by atoms with Crippen molar-refractivity contribution < 1.29 is 5.11 Å². The summed E-state index contributed by atoms with van der Waals surface area (Å²) in [7, 11) is 1.86. The predicted octanol–water partition coefficient (Wildman–Crippen LogP) is 1.91. The molecule has 1 aromatic carbocycles. The molecule has 5 nitrogen and oxygen atoms in total. The number of rotatable bonds is 4. The van der Waals surface area contributed by atoms with Gasteiger partial charge in [-0.05, 0) is 32.1 Å². The second kappa shape index (κ2) is 4.76. The molecule has 1 atom stereocenters. The quantitative estimate of drug-likeness (QED) is 0.640. The van der Waals surface area contributed by atoms with Gasteiger partial charge in [0.15, 0.2) is 5.66 Å². The van der Waals surface area contributed by atoms with Gasteiger partial charge in [-0.2, -0.15) is 10.2 Å². The minimum atomic E-state index is -0.390. The van der Waals surface area contributed by atoms with Gasteiger partial charge in [0, 0.05) is 12.6 Å². The molecule has 0 radical (unpaired) electrons. The maximum absolute atomic E-state index is 9.86. The summed E-state index contributed by atoms with van der Waals surface area (Å²) in [5.41, 5.74) is 4.81. The summed E-state index contributed by atoms with van der Waals surface area (Å²) in [5, 5.41) is 20.2. The molecule has 0 saturated heterocycles. The topological polar surface area (TPSA) is 60.2 Å². The van der Waals surface area contributed by atoms with Crippen LogP contribution in [0.4, 0.5) is 0 Å². The SMILES string of the molecule is C=C/C(=N\N(C)C1(C)NN=C1C)c1ccccc1O. The zero-order chi connectivity index (χ0) is 14.0. The van der Waals surface area contributed by atoms with Gasteiger partial charge in [-0.25, -0.2) is 0 Å². The van der Waals surface area contributed by atoms with Crippen LogP contribution in [0.1, 0.15) is 19.4 Å². The Morgan fingerprint density at radius 1 is 1.53 bits per heavy atom. The van der Waals surface area contributed by atoms with Gasteiger partial charge in [0.25, 0.3) is 0 Å². The molecule has 0 aliphatic carbocycles. The number of aromatic hydroxyl groups is 1. The van der Waals surface area contributed by atoms with E-state index in [-0.39, 0.29) is 5.75 Å². The van der Waals surface area contributed by atoms with Crippen LogP contribution in [0.2, 0.25) is 0 Å². The minimum Gasteiger partial charge on any atom is -0.507 e. The summed E-state index contributed by atoms with van der Waals surface area (Å²) in [6.45, 7) is 7.69. The Balaban J connectivity index is 2.33. The number of benzene rings is 1. The van der Waals surface area contributed by atoms with Crippen LogP contribution in [0.25, 0.3) is 0 Å². The number of allylic oxidation sites excluding steroid dienone is 1. The van der Waals surface area contributed by atoms with Crippen molar-refractivity contribution in [3.8, 4) is 5.75 Å². The van der Waals surface area contributed by atoms with Gasteiger partial charge in [0.05, 0.1) is 11.4 Å². The molecule has 0 amide bonds. The number of nitrogens with one attached hydrogen (secondary N) is 1. The molecule has 5 heteroatoms. The molecule has 19 heavy (non-hydrogen) atoms. The van der Waals surface area contributed by atoms with Crippen molar-refractivity contribution in [1.82, 2.24) is 10.4 Å². The molecule has 1 aromatic rings. The Bertz CT molecular complexity index is 564. The number of nitrogens with zero attached hydrogens (tertiary/aromatic N) is 3. The lowest BCUT2D eigenvalue weighted by molar-refractivity contribution is 0.149. The van der Waals surface area contributed by atoms with Crippen molar-refractivity contribution in [1.29, 1.82) is 0 Å². The van der Waals surface area contributed by atoms with E-state index in [0.717, 1.165) is 5.71 Å². The zero-order valence-corrected chi connectivity index (χ0v) is 11.4. The third-order valence-electron chi connectivity index (χ3n) is 3.42. The molecular weight excluding hydrogens is 240 g/mol. The summed E-state index contributed by atoms with van der Waals surface area (Å²) in [6, 6.07) is 7.06. The first kappa shape index (κ1) is 13.1. The molecule has 0 bridgehead atoms. The highest BCUT2D eigenvalue weighted by Gasteiger charge is 2.38. The van der Waals surface area contributed by atoms with Gasteiger partial charge in [-0.15, -0.1) is 0 Å². The summed E-state index contributed by atoms with van der Waals surface area (Å²) in [4.78, 5) is 0.